The van der Waals surface area contributed by atoms with Crippen molar-refractivity contribution in [2.45, 2.75) is 52.6 Å². The number of carbonyl (C=O) groups excluding carboxylic acids is 2. The molecule has 0 unspecified atom stereocenters. The van der Waals surface area contributed by atoms with Crippen molar-refractivity contribution < 1.29 is 14.3 Å². The van der Waals surface area contributed by atoms with Crippen LogP contribution in [0.5, 0.6) is 0 Å². The molecule has 0 atom stereocenters. The summed E-state index contributed by atoms with van der Waals surface area (Å²) >= 11 is 0. The zero-order valence-corrected chi connectivity index (χ0v) is 12.8. The minimum absolute atomic E-state index is 0.131. The third-order valence-electron chi connectivity index (χ3n) is 3.65. The Morgan fingerprint density at radius 2 is 1.90 bits per heavy atom. The molecule has 1 aliphatic heterocycles. The van der Waals surface area contributed by atoms with E-state index in [1.165, 1.54) is 5.57 Å². The number of hydrogen-bond acceptors (Lipinski definition) is 3. The fourth-order valence-electron chi connectivity index (χ4n) is 2.59. The van der Waals surface area contributed by atoms with Crippen LogP contribution in [0.25, 0.3) is 0 Å². The van der Waals surface area contributed by atoms with Crippen molar-refractivity contribution in [2.24, 2.45) is 0 Å². The van der Waals surface area contributed by atoms with Crippen molar-refractivity contribution in [3.63, 3.8) is 0 Å². The van der Waals surface area contributed by atoms with Crippen molar-refractivity contribution in [3.8, 4) is 0 Å². The molecule has 0 aromatic carbocycles. The summed E-state index contributed by atoms with van der Waals surface area (Å²) in [4.78, 5) is 25.3. The van der Waals surface area contributed by atoms with Crippen molar-refractivity contribution in [1.29, 1.82) is 0 Å². The molecule has 20 heavy (non-hydrogen) atoms. The molecular formula is C16H23NO3. The lowest BCUT2D eigenvalue weighted by Crippen LogP contribution is -2.41. The van der Waals surface area contributed by atoms with Gasteiger partial charge < -0.3 is 9.64 Å². The molecular weight excluding hydrogens is 254 g/mol. The highest BCUT2D eigenvalue weighted by Gasteiger charge is 2.28. The molecule has 2 aliphatic rings. The topological polar surface area (TPSA) is 46.6 Å². The second-order valence-electron chi connectivity index (χ2n) is 6.51. The summed E-state index contributed by atoms with van der Waals surface area (Å²) in [7, 11) is 0. The molecule has 0 radical (unpaired) electrons. The van der Waals surface area contributed by atoms with Gasteiger partial charge in [-0.3, -0.25) is 4.79 Å². The lowest BCUT2D eigenvalue weighted by molar-refractivity contribution is -0.113. The van der Waals surface area contributed by atoms with E-state index in [4.69, 9.17) is 4.74 Å². The van der Waals surface area contributed by atoms with Gasteiger partial charge in [-0.25, -0.2) is 4.79 Å². The summed E-state index contributed by atoms with van der Waals surface area (Å²) in [5, 5.41) is 0. The van der Waals surface area contributed by atoms with Gasteiger partial charge in [0.15, 0.2) is 5.78 Å². The van der Waals surface area contributed by atoms with Gasteiger partial charge in [0.2, 0.25) is 0 Å². The number of allylic oxidation sites excluding steroid dienone is 1. The van der Waals surface area contributed by atoms with Crippen LogP contribution in [0.15, 0.2) is 22.8 Å². The van der Waals surface area contributed by atoms with Gasteiger partial charge in [-0.15, -0.1) is 0 Å². The molecule has 0 aromatic rings. The number of ether oxygens (including phenoxy) is 1. The molecule has 0 fully saturated rings. The highest BCUT2D eigenvalue weighted by Crippen LogP contribution is 2.31. The van der Waals surface area contributed by atoms with Crippen LogP contribution >= 0.6 is 0 Å². The van der Waals surface area contributed by atoms with Crippen LogP contribution < -0.4 is 0 Å². The second-order valence-corrected chi connectivity index (χ2v) is 6.51. The third kappa shape index (κ3) is 3.50. The Kier molecular flexibility index (Phi) is 4.02. The van der Waals surface area contributed by atoms with E-state index in [1.54, 1.807) is 11.8 Å². The number of hydrogen-bond donors (Lipinski definition) is 0. The molecule has 1 amide bonds. The number of Topliss-reactive ketones (excluding diaryl/α,β-unsaturated/α-hetero) is 1. The van der Waals surface area contributed by atoms with Crippen LogP contribution in [0, 0.1) is 0 Å². The maximum Gasteiger partial charge on any atom is 0.410 e. The predicted octanol–water partition coefficient (Wildman–Crippen LogP) is 3.23. The van der Waals surface area contributed by atoms with Gasteiger partial charge in [0.05, 0.1) is 0 Å². The van der Waals surface area contributed by atoms with Crippen LogP contribution in [0.3, 0.4) is 0 Å². The molecule has 1 heterocycles. The van der Waals surface area contributed by atoms with Gasteiger partial charge in [0.25, 0.3) is 0 Å². The van der Waals surface area contributed by atoms with Crippen LogP contribution in [0.1, 0.15) is 47.0 Å². The summed E-state index contributed by atoms with van der Waals surface area (Å²) < 4.78 is 5.41. The van der Waals surface area contributed by atoms with E-state index in [-0.39, 0.29) is 11.9 Å². The van der Waals surface area contributed by atoms with E-state index in [2.05, 4.69) is 0 Å². The molecule has 0 spiro atoms. The van der Waals surface area contributed by atoms with E-state index in [9.17, 15) is 9.59 Å². The molecule has 4 heteroatoms. The predicted molar refractivity (Wildman–Crippen MR) is 77.4 cm³/mol. The third-order valence-corrected chi connectivity index (χ3v) is 3.65. The normalized spacial score (nSPS) is 19.4. The summed E-state index contributed by atoms with van der Waals surface area (Å²) in [5.41, 5.74) is 2.90. The minimum atomic E-state index is -0.474. The number of ketones is 1. The Hall–Kier alpha value is -1.58. The molecule has 0 saturated heterocycles. The van der Waals surface area contributed by atoms with E-state index >= 15 is 0 Å². The molecule has 0 bridgehead atoms. The van der Waals surface area contributed by atoms with Gasteiger partial charge in [-0.05, 0) is 58.1 Å². The van der Waals surface area contributed by atoms with Crippen molar-refractivity contribution in [3.05, 3.63) is 22.8 Å². The maximum atomic E-state index is 12.1. The lowest BCUT2D eigenvalue weighted by atomic mass is 9.87. The fraction of sp³-hybridized carbons (Fsp3) is 0.625. The van der Waals surface area contributed by atoms with Gasteiger partial charge in [0.1, 0.15) is 5.60 Å². The van der Waals surface area contributed by atoms with Crippen molar-refractivity contribution >= 4 is 11.9 Å². The van der Waals surface area contributed by atoms with E-state index < -0.39 is 5.60 Å². The molecule has 110 valence electrons. The van der Waals surface area contributed by atoms with Crippen molar-refractivity contribution in [2.75, 3.05) is 13.1 Å². The summed E-state index contributed by atoms with van der Waals surface area (Å²) in [6.45, 7) is 8.47. The molecule has 0 saturated carbocycles. The second kappa shape index (κ2) is 5.43. The molecule has 1 aliphatic carbocycles. The van der Waals surface area contributed by atoms with Gasteiger partial charge in [0, 0.05) is 13.1 Å². The first-order chi connectivity index (χ1) is 9.26. The Morgan fingerprint density at radius 3 is 2.50 bits per heavy atom. The summed E-state index contributed by atoms with van der Waals surface area (Å²) in [6, 6.07) is 0. The molecule has 0 N–H and O–H groups in total. The number of amides is 1. The van der Waals surface area contributed by atoms with Crippen LogP contribution in [-0.2, 0) is 9.53 Å². The largest absolute Gasteiger partial charge is 0.444 e. The summed E-state index contributed by atoms with van der Waals surface area (Å²) in [6.07, 6.45) is 4.37. The van der Waals surface area contributed by atoms with E-state index in [0.717, 1.165) is 30.4 Å². The van der Waals surface area contributed by atoms with Gasteiger partial charge in [-0.2, -0.15) is 0 Å². The highest BCUT2D eigenvalue weighted by atomic mass is 16.6. The van der Waals surface area contributed by atoms with Crippen LogP contribution in [0.4, 0.5) is 4.79 Å². The van der Waals surface area contributed by atoms with E-state index in [1.807, 2.05) is 26.8 Å². The first-order valence-electron chi connectivity index (χ1n) is 7.16. The summed E-state index contributed by atoms with van der Waals surface area (Å²) in [5.74, 6) is 0.131. The first-order valence-corrected chi connectivity index (χ1v) is 7.16. The standard InChI is InChI=1S/C16H23NO3/c1-11(18)13-6-5-12-7-8-17(10-14(12)9-13)15(19)20-16(2,3)4/h9H,5-8,10H2,1-4H3. The van der Waals surface area contributed by atoms with Gasteiger partial charge in [-0.1, -0.05) is 11.6 Å². The highest BCUT2D eigenvalue weighted by molar-refractivity contribution is 5.94. The Balaban J connectivity index is 2.09. The molecule has 4 nitrogen and oxygen atoms in total. The zero-order valence-electron chi connectivity index (χ0n) is 12.8. The lowest BCUT2D eigenvalue weighted by Gasteiger charge is -2.33. The maximum absolute atomic E-state index is 12.1. The average molecular weight is 277 g/mol. The van der Waals surface area contributed by atoms with Gasteiger partial charge >= 0.3 is 6.09 Å². The van der Waals surface area contributed by atoms with Crippen molar-refractivity contribution in [1.82, 2.24) is 4.90 Å². The molecule has 2 rings (SSSR count). The number of carbonyl (C=O) groups is 2. The Labute approximate surface area is 120 Å². The molecule has 0 aromatic heterocycles. The smallest absolute Gasteiger partial charge is 0.410 e. The first kappa shape index (κ1) is 14.8. The number of nitrogens with zero attached hydrogens (tertiary/aromatic N) is 1. The SMILES string of the molecule is CC(=O)C1=CC2=C(CC1)CCN(C(=O)OC(C)(C)C)C2. The van der Waals surface area contributed by atoms with Crippen LogP contribution in [0.2, 0.25) is 0 Å². The zero-order chi connectivity index (χ0) is 14.9. The minimum Gasteiger partial charge on any atom is -0.444 e. The quantitative estimate of drug-likeness (QED) is 0.739. The number of rotatable bonds is 1. The van der Waals surface area contributed by atoms with Crippen LogP contribution in [-0.4, -0.2) is 35.5 Å². The Bertz CT molecular complexity index is 494. The monoisotopic (exact) mass is 277 g/mol. The Morgan fingerprint density at radius 1 is 1.20 bits per heavy atom. The average Bonchev–Trinajstić information content (AvgIpc) is 2.35. The fourth-order valence-corrected chi connectivity index (χ4v) is 2.59. The van der Waals surface area contributed by atoms with E-state index in [0.29, 0.717) is 13.1 Å².